The molecular weight excluding hydrogens is 272 g/mol. The number of allylic oxidation sites excluding steroid dienone is 1. The van der Waals surface area contributed by atoms with Gasteiger partial charge in [-0.2, -0.15) is 0 Å². The van der Waals surface area contributed by atoms with Crippen molar-refractivity contribution in [3.05, 3.63) is 64.5 Å². The summed E-state index contributed by atoms with van der Waals surface area (Å²) in [4.78, 5) is 8.90. The van der Waals surface area contributed by atoms with E-state index in [1.165, 1.54) is 5.57 Å². The molecule has 0 amide bonds. The molecule has 1 aromatic carbocycles. The fraction of sp³-hybridized carbons (Fsp3) is 0.263. The maximum atomic E-state index is 9.91. The quantitative estimate of drug-likeness (QED) is 0.907. The van der Waals surface area contributed by atoms with E-state index in [4.69, 9.17) is 4.99 Å². The fourth-order valence-electron chi connectivity index (χ4n) is 2.87. The topological polar surface area (TPSA) is 45.5 Å². The van der Waals surface area contributed by atoms with Crippen LogP contribution in [0.1, 0.15) is 35.1 Å². The molecule has 3 heteroatoms. The summed E-state index contributed by atoms with van der Waals surface area (Å²) in [5, 5.41) is 9.91. The first kappa shape index (κ1) is 14.5. The zero-order valence-electron chi connectivity index (χ0n) is 13.0. The Labute approximate surface area is 131 Å². The lowest BCUT2D eigenvalue weighted by Crippen LogP contribution is -2.11. The van der Waals surface area contributed by atoms with Crippen molar-refractivity contribution in [2.45, 2.75) is 26.7 Å². The molecule has 0 aliphatic carbocycles. The van der Waals surface area contributed by atoms with E-state index in [2.05, 4.69) is 17.1 Å². The molecule has 0 bridgehead atoms. The van der Waals surface area contributed by atoms with Gasteiger partial charge < -0.3 is 5.11 Å². The van der Waals surface area contributed by atoms with Gasteiger partial charge in [0.2, 0.25) is 0 Å². The molecular formula is C19H20N2O. The summed E-state index contributed by atoms with van der Waals surface area (Å²) in [5.41, 5.74) is 6.28. The normalized spacial score (nSPS) is 16.6. The zero-order valence-corrected chi connectivity index (χ0v) is 13.0. The van der Waals surface area contributed by atoms with Gasteiger partial charge in [0.25, 0.3) is 0 Å². The number of benzene rings is 1. The average molecular weight is 292 g/mol. The number of aromatic nitrogens is 1. The number of aryl methyl sites for hydroxylation is 2. The minimum atomic E-state index is 0.381. The fourth-order valence-corrected chi connectivity index (χ4v) is 2.87. The Morgan fingerprint density at radius 3 is 2.64 bits per heavy atom. The van der Waals surface area contributed by atoms with E-state index in [-0.39, 0.29) is 0 Å². The van der Waals surface area contributed by atoms with Crippen LogP contribution in [-0.4, -0.2) is 22.3 Å². The van der Waals surface area contributed by atoms with E-state index in [9.17, 15) is 5.11 Å². The first-order valence-electron chi connectivity index (χ1n) is 7.61. The highest BCUT2D eigenvalue weighted by molar-refractivity contribution is 6.15. The number of aliphatic imine (C=N–C) groups is 1. The molecule has 1 N–H and O–H groups in total. The molecule has 3 nitrogen and oxygen atoms in total. The van der Waals surface area contributed by atoms with Gasteiger partial charge in [0, 0.05) is 24.5 Å². The van der Waals surface area contributed by atoms with Gasteiger partial charge in [-0.15, -0.1) is 0 Å². The van der Waals surface area contributed by atoms with E-state index in [1.54, 1.807) is 6.20 Å². The summed E-state index contributed by atoms with van der Waals surface area (Å²) in [5.74, 6) is 0.381. The lowest BCUT2D eigenvalue weighted by atomic mass is 9.94. The minimum absolute atomic E-state index is 0.381. The molecule has 112 valence electrons. The molecule has 2 heterocycles. The molecule has 1 aliphatic rings. The molecule has 0 saturated heterocycles. The minimum Gasteiger partial charge on any atom is -0.507 e. The summed E-state index contributed by atoms with van der Waals surface area (Å²) < 4.78 is 0. The predicted molar refractivity (Wildman–Crippen MR) is 90.4 cm³/mol. The smallest absolute Gasteiger partial charge is 0.121 e. The van der Waals surface area contributed by atoms with E-state index in [1.807, 2.05) is 38.2 Å². The second-order valence-corrected chi connectivity index (χ2v) is 5.75. The molecule has 0 saturated carbocycles. The van der Waals surface area contributed by atoms with Crippen molar-refractivity contribution in [1.29, 1.82) is 0 Å². The van der Waals surface area contributed by atoms with Gasteiger partial charge in [0.15, 0.2) is 0 Å². The second-order valence-electron chi connectivity index (χ2n) is 5.75. The molecule has 2 aromatic rings. The molecule has 3 rings (SSSR count). The van der Waals surface area contributed by atoms with Crippen molar-refractivity contribution in [3.63, 3.8) is 0 Å². The third kappa shape index (κ3) is 2.93. The lowest BCUT2D eigenvalue weighted by molar-refractivity contribution is 0.467. The molecule has 0 spiro atoms. The molecule has 0 radical (unpaired) electrons. The molecule has 1 aliphatic heterocycles. The molecule has 1 aromatic heterocycles. The lowest BCUT2D eigenvalue weighted by Gasteiger charge is -2.16. The molecule has 0 unspecified atom stereocenters. The van der Waals surface area contributed by atoms with Crippen LogP contribution in [0.2, 0.25) is 0 Å². The van der Waals surface area contributed by atoms with Crippen LogP contribution >= 0.6 is 0 Å². The third-order valence-electron chi connectivity index (χ3n) is 3.97. The van der Waals surface area contributed by atoms with Crippen LogP contribution in [0.5, 0.6) is 5.75 Å². The number of hydrogen-bond donors (Lipinski definition) is 1. The van der Waals surface area contributed by atoms with Crippen molar-refractivity contribution in [2.75, 3.05) is 6.54 Å². The Balaban J connectivity index is 2.02. The Morgan fingerprint density at radius 1 is 1.18 bits per heavy atom. The number of phenols is 1. The van der Waals surface area contributed by atoms with Gasteiger partial charge in [-0.1, -0.05) is 0 Å². The van der Waals surface area contributed by atoms with Crippen molar-refractivity contribution >= 4 is 11.8 Å². The molecule has 22 heavy (non-hydrogen) atoms. The van der Waals surface area contributed by atoms with E-state index < -0.39 is 0 Å². The van der Waals surface area contributed by atoms with E-state index in [0.29, 0.717) is 5.75 Å². The van der Waals surface area contributed by atoms with Crippen molar-refractivity contribution < 1.29 is 5.11 Å². The van der Waals surface area contributed by atoms with E-state index in [0.717, 1.165) is 47.4 Å². The van der Waals surface area contributed by atoms with E-state index >= 15 is 0 Å². The van der Waals surface area contributed by atoms with Crippen LogP contribution in [-0.2, 0) is 0 Å². The number of phenolic OH excluding ortho intramolecular Hbond substituents is 1. The highest BCUT2D eigenvalue weighted by atomic mass is 16.3. The highest BCUT2D eigenvalue weighted by Gasteiger charge is 2.14. The first-order valence-corrected chi connectivity index (χ1v) is 7.61. The van der Waals surface area contributed by atoms with Crippen LogP contribution in [0.3, 0.4) is 0 Å². The van der Waals surface area contributed by atoms with Gasteiger partial charge in [0.05, 0.1) is 5.71 Å². The molecule has 0 atom stereocenters. The largest absolute Gasteiger partial charge is 0.507 e. The number of pyridine rings is 1. The van der Waals surface area contributed by atoms with Gasteiger partial charge in [-0.25, -0.2) is 0 Å². The SMILES string of the molecule is Cc1cc(/C=C2\CCCN=C2c2cccnc2)cc(C)c1O. The van der Waals surface area contributed by atoms with Gasteiger partial charge in [0.1, 0.15) is 5.75 Å². The number of aromatic hydroxyl groups is 1. The van der Waals surface area contributed by atoms with Crippen LogP contribution in [0, 0.1) is 13.8 Å². The predicted octanol–water partition coefficient (Wildman–Crippen LogP) is 4.07. The Kier molecular flexibility index (Phi) is 4.05. The summed E-state index contributed by atoms with van der Waals surface area (Å²) in [6, 6.07) is 8.03. The standard InChI is InChI=1S/C19H20N2O/c1-13-9-15(10-14(2)19(13)22)11-16-5-4-8-21-18(16)17-6-3-7-20-12-17/h3,6-7,9-12,22H,4-5,8H2,1-2H3/b16-11+. The Bertz CT molecular complexity index is 722. The number of hydrogen-bond acceptors (Lipinski definition) is 3. The van der Waals surface area contributed by atoms with Gasteiger partial charge in [-0.3, -0.25) is 9.98 Å². The summed E-state index contributed by atoms with van der Waals surface area (Å²) >= 11 is 0. The summed E-state index contributed by atoms with van der Waals surface area (Å²) in [7, 11) is 0. The monoisotopic (exact) mass is 292 g/mol. The number of rotatable bonds is 2. The van der Waals surface area contributed by atoms with Gasteiger partial charge >= 0.3 is 0 Å². The Morgan fingerprint density at radius 2 is 1.95 bits per heavy atom. The average Bonchev–Trinajstić information content (AvgIpc) is 2.54. The van der Waals surface area contributed by atoms with Crippen molar-refractivity contribution in [3.8, 4) is 5.75 Å². The van der Waals surface area contributed by atoms with Crippen molar-refractivity contribution in [2.24, 2.45) is 4.99 Å². The van der Waals surface area contributed by atoms with Crippen LogP contribution in [0.25, 0.3) is 6.08 Å². The Hall–Kier alpha value is -2.42. The summed E-state index contributed by atoms with van der Waals surface area (Å²) in [6.45, 7) is 4.73. The second kappa shape index (κ2) is 6.14. The highest BCUT2D eigenvalue weighted by Crippen LogP contribution is 2.26. The van der Waals surface area contributed by atoms with Crippen LogP contribution in [0.15, 0.2) is 47.2 Å². The van der Waals surface area contributed by atoms with Crippen molar-refractivity contribution in [1.82, 2.24) is 4.98 Å². The third-order valence-corrected chi connectivity index (χ3v) is 3.97. The maximum absolute atomic E-state index is 9.91. The zero-order chi connectivity index (χ0) is 15.5. The first-order chi connectivity index (χ1) is 10.6. The van der Waals surface area contributed by atoms with Crippen LogP contribution < -0.4 is 0 Å². The molecule has 0 fully saturated rings. The summed E-state index contributed by atoms with van der Waals surface area (Å²) in [6.07, 6.45) is 7.93. The maximum Gasteiger partial charge on any atom is 0.121 e. The number of nitrogens with zero attached hydrogens (tertiary/aromatic N) is 2. The van der Waals surface area contributed by atoms with Crippen LogP contribution in [0.4, 0.5) is 0 Å². The van der Waals surface area contributed by atoms with Gasteiger partial charge in [-0.05, 0) is 79.3 Å².